The molecule has 2 unspecified atom stereocenters. The number of carboxylic acid groups (broad SMARTS) is 1. The molecule has 1 aliphatic carbocycles. The predicted octanol–water partition coefficient (Wildman–Crippen LogP) is 0.663. The smallest absolute Gasteiger partial charge is 0.321 e. The van der Waals surface area contributed by atoms with Crippen molar-refractivity contribution in [3.05, 3.63) is 0 Å². The Bertz CT molecular complexity index is 263. The molecule has 1 saturated carbocycles. The second kappa shape index (κ2) is 3.76. The average molecular weight is 212 g/mol. The zero-order chi connectivity index (χ0) is 11.1. The van der Waals surface area contributed by atoms with Gasteiger partial charge < -0.3 is 15.7 Å². The maximum absolute atomic E-state index is 11.0. The molecule has 0 aromatic rings. The number of rotatable bonds is 3. The van der Waals surface area contributed by atoms with E-state index < -0.39 is 12.0 Å². The number of hydrogen-bond donors (Lipinski definition) is 2. The molecule has 2 aliphatic rings. The van der Waals surface area contributed by atoms with Gasteiger partial charge in [-0.15, -0.1) is 0 Å². The molecule has 2 rings (SSSR count). The first-order chi connectivity index (χ1) is 7.08. The Morgan fingerprint density at radius 2 is 2.20 bits per heavy atom. The fourth-order valence-corrected chi connectivity index (χ4v) is 3.04. The quantitative estimate of drug-likeness (QED) is 0.721. The van der Waals surface area contributed by atoms with E-state index in [1.807, 2.05) is 0 Å². The Labute approximate surface area is 90.4 Å². The van der Waals surface area contributed by atoms with Gasteiger partial charge >= 0.3 is 5.97 Å². The summed E-state index contributed by atoms with van der Waals surface area (Å²) in [6.45, 7) is 1.08. The van der Waals surface area contributed by atoms with E-state index in [4.69, 9.17) is 10.8 Å². The van der Waals surface area contributed by atoms with E-state index >= 15 is 0 Å². The van der Waals surface area contributed by atoms with Crippen LogP contribution < -0.4 is 5.73 Å². The molecule has 0 bridgehead atoms. The number of carboxylic acids is 1. The lowest BCUT2D eigenvalue weighted by Gasteiger charge is -2.40. The van der Waals surface area contributed by atoms with Crippen molar-refractivity contribution in [1.82, 2.24) is 4.90 Å². The summed E-state index contributed by atoms with van der Waals surface area (Å²) in [4.78, 5) is 13.3. The molecule has 86 valence electrons. The maximum atomic E-state index is 11.0. The molecule has 0 amide bonds. The van der Waals surface area contributed by atoms with Gasteiger partial charge in [-0.25, -0.2) is 0 Å². The molecule has 1 aliphatic heterocycles. The fourth-order valence-electron chi connectivity index (χ4n) is 3.04. The Morgan fingerprint density at radius 1 is 1.53 bits per heavy atom. The topological polar surface area (TPSA) is 66.6 Å². The van der Waals surface area contributed by atoms with Crippen molar-refractivity contribution in [2.75, 3.05) is 13.6 Å². The molecule has 4 heteroatoms. The number of nitrogens with zero attached hydrogens (tertiary/aromatic N) is 1. The summed E-state index contributed by atoms with van der Waals surface area (Å²) >= 11 is 0. The zero-order valence-corrected chi connectivity index (χ0v) is 9.28. The molecule has 2 fully saturated rings. The zero-order valence-electron chi connectivity index (χ0n) is 9.28. The van der Waals surface area contributed by atoms with Gasteiger partial charge in [0.2, 0.25) is 0 Å². The minimum atomic E-state index is -0.841. The molecule has 0 radical (unpaired) electrons. The molecule has 0 aromatic heterocycles. The molecule has 2 atom stereocenters. The second-order valence-electron chi connectivity index (χ2n) is 5.04. The summed E-state index contributed by atoms with van der Waals surface area (Å²) in [7, 11) is 2.10. The third kappa shape index (κ3) is 1.76. The van der Waals surface area contributed by atoms with Crippen LogP contribution >= 0.6 is 0 Å². The van der Waals surface area contributed by atoms with E-state index in [0.717, 1.165) is 25.8 Å². The third-order valence-electron chi connectivity index (χ3n) is 4.15. The van der Waals surface area contributed by atoms with Crippen molar-refractivity contribution < 1.29 is 9.90 Å². The lowest BCUT2D eigenvalue weighted by Crippen LogP contribution is -2.52. The lowest BCUT2D eigenvalue weighted by atomic mass is 9.82. The number of likely N-dealkylation sites (tertiary alicyclic amines) is 1. The van der Waals surface area contributed by atoms with Crippen molar-refractivity contribution >= 4 is 5.97 Å². The van der Waals surface area contributed by atoms with Gasteiger partial charge in [0.05, 0.1) is 0 Å². The molecule has 3 N–H and O–H groups in total. The number of piperidine rings is 1. The standard InChI is InChI=1S/C11H20N2O2/c1-13-7-3-2-4-8(13)11(5-6-11)9(12)10(14)15/h8-9H,2-7,12H2,1H3,(H,14,15). The van der Waals surface area contributed by atoms with Crippen LogP contribution in [0.2, 0.25) is 0 Å². The van der Waals surface area contributed by atoms with Gasteiger partial charge in [-0.05, 0) is 39.3 Å². The highest BCUT2D eigenvalue weighted by Gasteiger charge is 2.57. The van der Waals surface area contributed by atoms with Crippen LogP contribution in [0.5, 0.6) is 0 Å². The lowest BCUT2D eigenvalue weighted by molar-refractivity contribution is -0.141. The van der Waals surface area contributed by atoms with Gasteiger partial charge in [-0.1, -0.05) is 6.42 Å². The van der Waals surface area contributed by atoms with Crippen molar-refractivity contribution in [3.8, 4) is 0 Å². The summed E-state index contributed by atoms with van der Waals surface area (Å²) in [5.41, 5.74) is 5.70. The Hall–Kier alpha value is -0.610. The van der Waals surface area contributed by atoms with Crippen LogP contribution in [0, 0.1) is 5.41 Å². The number of aliphatic carboxylic acids is 1. The average Bonchev–Trinajstić information content (AvgIpc) is 2.98. The Balaban J connectivity index is 2.11. The number of carbonyl (C=O) groups is 1. The largest absolute Gasteiger partial charge is 0.480 e. The van der Waals surface area contributed by atoms with Crippen molar-refractivity contribution in [2.24, 2.45) is 11.1 Å². The normalized spacial score (nSPS) is 32.3. The Morgan fingerprint density at radius 3 is 2.67 bits per heavy atom. The summed E-state index contributed by atoms with van der Waals surface area (Å²) in [5.74, 6) is -0.841. The molecule has 0 spiro atoms. The summed E-state index contributed by atoms with van der Waals surface area (Å²) in [5, 5.41) is 9.03. The van der Waals surface area contributed by atoms with E-state index in [0.29, 0.717) is 6.04 Å². The van der Waals surface area contributed by atoms with Crippen LogP contribution in [0.1, 0.15) is 32.1 Å². The van der Waals surface area contributed by atoms with Gasteiger partial charge in [0.25, 0.3) is 0 Å². The molecule has 15 heavy (non-hydrogen) atoms. The van der Waals surface area contributed by atoms with E-state index in [1.165, 1.54) is 12.8 Å². The summed E-state index contributed by atoms with van der Waals surface area (Å²) in [6, 6.07) is -0.291. The molecule has 0 aromatic carbocycles. The number of hydrogen-bond acceptors (Lipinski definition) is 3. The second-order valence-corrected chi connectivity index (χ2v) is 5.04. The molecule has 1 saturated heterocycles. The molecule has 4 nitrogen and oxygen atoms in total. The van der Waals surface area contributed by atoms with E-state index in [1.54, 1.807) is 0 Å². The third-order valence-corrected chi connectivity index (χ3v) is 4.15. The highest BCUT2D eigenvalue weighted by Crippen LogP contribution is 2.54. The van der Waals surface area contributed by atoms with Crippen LogP contribution in [-0.4, -0.2) is 41.7 Å². The first-order valence-corrected chi connectivity index (χ1v) is 5.76. The van der Waals surface area contributed by atoms with Crippen molar-refractivity contribution in [2.45, 2.75) is 44.2 Å². The first-order valence-electron chi connectivity index (χ1n) is 5.76. The predicted molar refractivity (Wildman–Crippen MR) is 57.5 cm³/mol. The fraction of sp³-hybridized carbons (Fsp3) is 0.909. The van der Waals surface area contributed by atoms with Crippen LogP contribution in [0.3, 0.4) is 0 Å². The maximum Gasteiger partial charge on any atom is 0.321 e. The highest BCUT2D eigenvalue weighted by atomic mass is 16.4. The van der Waals surface area contributed by atoms with Crippen molar-refractivity contribution in [1.29, 1.82) is 0 Å². The SMILES string of the molecule is CN1CCCCC1C1(C(N)C(=O)O)CC1. The van der Waals surface area contributed by atoms with Crippen molar-refractivity contribution in [3.63, 3.8) is 0 Å². The molecular weight excluding hydrogens is 192 g/mol. The van der Waals surface area contributed by atoms with Crippen LogP contribution in [0.25, 0.3) is 0 Å². The van der Waals surface area contributed by atoms with Gasteiger partial charge in [0, 0.05) is 11.5 Å². The van der Waals surface area contributed by atoms with Gasteiger partial charge in [0.15, 0.2) is 0 Å². The van der Waals surface area contributed by atoms with Gasteiger partial charge in [-0.2, -0.15) is 0 Å². The van der Waals surface area contributed by atoms with Crippen LogP contribution in [0.4, 0.5) is 0 Å². The summed E-state index contributed by atoms with van der Waals surface area (Å²) < 4.78 is 0. The van der Waals surface area contributed by atoms with E-state index in [9.17, 15) is 4.79 Å². The molecule has 1 heterocycles. The van der Waals surface area contributed by atoms with Crippen LogP contribution in [-0.2, 0) is 4.79 Å². The minimum absolute atomic E-state index is 0.124. The Kier molecular flexibility index (Phi) is 2.73. The van der Waals surface area contributed by atoms with Gasteiger partial charge in [-0.3, -0.25) is 4.79 Å². The first kappa shape index (κ1) is 10.9. The molecular formula is C11H20N2O2. The number of nitrogens with two attached hydrogens (primary N) is 1. The summed E-state index contributed by atoms with van der Waals surface area (Å²) in [6.07, 6.45) is 5.51. The monoisotopic (exact) mass is 212 g/mol. The highest BCUT2D eigenvalue weighted by molar-refractivity contribution is 5.75. The van der Waals surface area contributed by atoms with E-state index in [2.05, 4.69) is 11.9 Å². The van der Waals surface area contributed by atoms with E-state index in [-0.39, 0.29) is 5.41 Å². The van der Waals surface area contributed by atoms with Crippen LogP contribution in [0.15, 0.2) is 0 Å². The minimum Gasteiger partial charge on any atom is -0.480 e. The van der Waals surface area contributed by atoms with Gasteiger partial charge in [0.1, 0.15) is 6.04 Å².